The number of fused-ring (bicyclic) bond motifs is 5. The van der Waals surface area contributed by atoms with Crippen molar-refractivity contribution in [2.75, 3.05) is 0 Å². The van der Waals surface area contributed by atoms with Crippen LogP contribution >= 0.6 is 0 Å². The second-order valence-electron chi connectivity index (χ2n) is 13.9. The summed E-state index contributed by atoms with van der Waals surface area (Å²) in [5.41, 5.74) is 6.01. The van der Waals surface area contributed by atoms with E-state index in [0.29, 0.717) is 17.3 Å². The van der Waals surface area contributed by atoms with Gasteiger partial charge in [-0.15, -0.1) is 0 Å². The van der Waals surface area contributed by atoms with Gasteiger partial charge in [0.1, 0.15) is 6.10 Å². The lowest BCUT2D eigenvalue weighted by Crippen LogP contribution is -2.55. The molecule has 0 spiro atoms. The van der Waals surface area contributed by atoms with Crippen LogP contribution in [0.1, 0.15) is 96.6 Å². The molecule has 0 radical (unpaired) electrons. The highest BCUT2D eigenvalue weighted by Gasteiger charge is 2.61. The minimum absolute atomic E-state index is 0.0286. The van der Waals surface area contributed by atoms with Gasteiger partial charge in [0.05, 0.1) is 0 Å². The zero-order valence-corrected chi connectivity index (χ0v) is 25.1. The first-order chi connectivity index (χ1) is 19.3. The number of hydrogen-bond acceptors (Lipinski definition) is 2. The lowest BCUT2D eigenvalue weighted by Gasteiger charge is -2.59. The van der Waals surface area contributed by atoms with Gasteiger partial charge in [-0.3, -0.25) is 4.79 Å². The summed E-state index contributed by atoms with van der Waals surface area (Å²) in [6, 6.07) is 21.8. The smallest absolute Gasteiger partial charge is 0.302 e. The summed E-state index contributed by atoms with van der Waals surface area (Å²) in [6.07, 6.45) is 16.2. The summed E-state index contributed by atoms with van der Waals surface area (Å²) in [4.78, 5) is 12.1. The van der Waals surface area contributed by atoms with Crippen LogP contribution in [0, 0.1) is 40.4 Å². The summed E-state index contributed by atoms with van der Waals surface area (Å²) < 4.78 is 6.05. The van der Waals surface area contributed by atoms with E-state index in [0.717, 1.165) is 37.0 Å². The normalized spacial score (nSPS) is 35.4. The van der Waals surface area contributed by atoms with Gasteiger partial charge in [-0.25, -0.2) is 0 Å². The second-order valence-corrected chi connectivity index (χ2v) is 13.9. The fraction of sp³-hybridized carbons (Fsp3) is 0.553. The van der Waals surface area contributed by atoms with Gasteiger partial charge in [-0.2, -0.15) is 0 Å². The maximum Gasteiger partial charge on any atom is 0.302 e. The van der Waals surface area contributed by atoms with Crippen molar-refractivity contribution >= 4 is 11.5 Å². The fourth-order valence-corrected chi connectivity index (χ4v) is 10.2. The predicted octanol–water partition coefficient (Wildman–Crippen LogP) is 9.66. The summed E-state index contributed by atoms with van der Waals surface area (Å²) in [6.45, 7) is 9.22. The molecule has 0 aliphatic heterocycles. The molecule has 8 atom stereocenters. The molecule has 40 heavy (non-hydrogen) atoms. The monoisotopic (exact) mass is 536 g/mol. The molecular weight excluding hydrogens is 488 g/mol. The molecule has 0 unspecified atom stereocenters. The zero-order chi connectivity index (χ0) is 27.9. The summed E-state index contributed by atoms with van der Waals surface area (Å²) in [5, 5.41) is 0. The Labute approximate surface area is 242 Å². The molecule has 2 nitrogen and oxygen atoms in total. The van der Waals surface area contributed by atoms with Gasteiger partial charge < -0.3 is 4.74 Å². The molecule has 3 saturated carbocycles. The van der Waals surface area contributed by atoms with Gasteiger partial charge in [0.15, 0.2) is 0 Å². The van der Waals surface area contributed by atoms with Crippen molar-refractivity contribution in [3.8, 4) is 0 Å². The Morgan fingerprint density at radius 3 is 2.27 bits per heavy atom. The Balaban J connectivity index is 1.23. The molecule has 0 N–H and O–H groups in total. The molecule has 2 heteroatoms. The van der Waals surface area contributed by atoms with E-state index in [1.165, 1.54) is 55.2 Å². The zero-order valence-electron chi connectivity index (χ0n) is 25.1. The standard InChI is InChI=1S/C38H48O2/c1-26(18-20-31(28-12-7-5-8-13-28)29-14-9-6-10-15-29)33-22-23-34-32-21-19-30-16-11-17-36(40-27(2)39)38(30,4)35(32)24-25-37(33,34)3/h5-10,12-15,19-20,26,32-36H,11,16-18,21-25H2,1-4H3/t26-,32+,33-,34+,35+,36-,37-,38+/m1/s1. The molecule has 0 aromatic heterocycles. The number of hydrogen-bond donors (Lipinski definition) is 0. The fourth-order valence-electron chi connectivity index (χ4n) is 10.2. The number of ether oxygens (including phenoxy) is 1. The quantitative estimate of drug-likeness (QED) is 0.271. The van der Waals surface area contributed by atoms with Crippen LogP contribution in [-0.4, -0.2) is 12.1 Å². The van der Waals surface area contributed by atoms with Crippen LogP contribution < -0.4 is 0 Å². The van der Waals surface area contributed by atoms with Crippen LogP contribution in [0.15, 0.2) is 78.4 Å². The van der Waals surface area contributed by atoms with Crippen molar-refractivity contribution in [2.45, 2.75) is 91.6 Å². The number of carbonyl (C=O) groups excluding carboxylic acids is 1. The Morgan fingerprint density at radius 1 is 0.950 bits per heavy atom. The van der Waals surface area contributed by atoms with Gasteiger partial charge in [-0.05, 0) is 109 Å². The number of benzene rings is 2. The molecule has 212 valence electrons. The molecule has 3 fully saturated rings. The highest BCUT2D eigenvalue weighted by molar-refractivity contribution is 5.79. The van der Waals surface area contributed by atoms with Crippen molar-refractivity contribution in [3.05, 3.63) is 89.5 Å². The predicted molar refractivity (Wildman–Crippen MR) is 164 cm³/mol. The lowest BCUT2D eigenvalue weighted by atomic mass is 9.46. The van der Waals surface area contributed by atoms with E-state index in [9.17, 15) is 4.79 Å². The van der Waals surface area contributed by atoms with Crippen LogP contribution in [-0.2, 0) is 9.53 Å². The van der Waals surface area contributed by atoms with Crippen molar-refractivity contribution < 1.29 is 9.53 Å². The first-order valence-electron chi connectivity index (χ1n) is 16.0. The van der Waals surface area contributed by atoms with E-state index in [1.807, 2.05) is 0 Å². The molecule has 6 rings (SSSR count). The summed E-state index contributed by atoms with van der Waals surface area (Å²) >= 11 is 0. The second kappa shape index (κ2) is 11.0. The van der Waals surface area contributed by atoms with E-state index in [2.05, 4.69) is 93.6 Å². The SMILES string of the molecule is CC(=O)O[C@@H]1CCCC2=CC[C@H]3[C@@H]4CC[C@H]([C@H](C)CC=C(c5ccccc5)c5ccccc5)[C@@]4(C)CC[C@@H]3[C@]21C. The third-order valence-electron chi connectivity index (χ3n) is 12.0. The van der Waals surface area contributed by atoms with Gasteiger partial charge >= 0.3 is 5.97 Å². The van der Waals surface area contributed by atoms with Crippen molar-refractivity contribution in [2.24, 2.45) is 40.4 Å². The number of esters is 1. The third kappa shape index (κ3) is 4.70. The minimum Gasteiger partial charge on any atom is -0.462 e. The van der Waals surface area contributed by atoms with E-state index in [1.54, 1.807) is 12.5 Å². The van der Waals surface area contributed by atoms with Crippen molar-refractivity contribution in [1.29, 1.82) is 0 Å². The van der Waals surface area contributed by atoms with Crippen LogP contribution in [0.5, 0.6) is 0 Å². The van der Waals surface area contributed by atoms with Gasteiger partial charge in [0, 0.05) is 12.3 Å². The number of allylic oxidation sites excluding steroid dienone is 2. The Bertz CT molecular complexity index is 1220. The largest absolute Gasteiger partial charge is 0.462 e. The van der Waals surface area contributed by atoms with Crippen LogP contribution in [0.4, 0.5) is 0 Å². The van der Waals surface area contributed by atoms with E-state index < -0.39 is 0 Å². The molecular formula is C38H48O2. The molecule has 4 aliphatic rings. The van der Waals surface area contributed by atoms with E-state index in [4.69, 9.17) is 4.74 Å². The molecule has 0 saturated heterocycles. The highest BCUT2D eigenvalue weighted by Crippen LogP contribution is 2.67. The topological polar surface area (TPSA) is 26.3 Å². The Kier molecular flexibility index (Phi) is 7.57. The number of carbonyl (C=O) groups is 1. The van der Waals surface area contributed by atoms with Crippen molar-refractivity contribution in [3.63, 3.8) is 0 Å². The van der Waals surface area contributed by atoms with Crippen molar-refractivity contribution in [1.82, 2.24) is 0 Å². The van der Waals surface area contributed by atoms with Crippen LogP contribution in [0.3, 0.4) is 0 Å². The Hall–Kier alpha value is -2.61. The molecule has 4 aliphatic carbocycles. The first kappa shape index (κ1) is 27.6. The van der Waals surface area contributed by atoms with E-state index >= 15 is 0 Å². The summed E-state index contributed by atoms with van der Waals surface area (Å²) in [5.74, 6) is 3.45. The Morgan fingerprint density at radius 2 is 1.62 bits per heavy atom. The maximum atomic E-state index is 12.1. The molecule has 2 aromatic rings. The van der Waals surface area contributed by atoms with Gasteiger partial charge in [-0.1, -0.05) is 99.2 Å². The lowest BCUT2D eigenvalue weighted by molar-refractivity contribution is -0.162. The highest BCUT2D eigenvalue weighted by atomic mass is 16.5. The maximum absolute atomic E-state index is 12.1. The van der Waals surface area contributed by atoms with E-state index in [-0.39, 0.29) is 17.5 Å². The molecule has 0 heterocycles. The van der Waals surface area contributed by atoms with Crippen LogP contribution in [0.2, 0.25) is 0 Å². The van der Waals surface area contributed by atoms with Gasteiger partial charge in [0.2, 0.25) is 0 Å². The number of rotatable bonds is 6. The molecule has 0 amide bonds. The molecule has 0 bridgehead atoms. The van der Waals surface area contributed by atoms with Gasteiger partial charge in [0.25, 0.3) is 0 Å². The minimum atomic E-state index is -0.108. The third-order valence-corrected chi connectivity index (χ3v) is 12.0. The summed E-state index contributed by atoms with van der Waals surface area (Å²) in [7, 11) is 0. The molecule has 2 aromatic carbocycles. The van der Waals surface area contributed by atoms with Crippen LogP contribution in [0.25, 0.3) is 5.57 Å². The average molecular weight is 537 g/mol. The average Bonchev–Trinajstić information content (AvgIpc) is 3.32. The first-order valence-corrected chi connectivity index (χ1v) is 16.0.